The Kier molecular flexibility index (Phi) is 10.4. The third-order valence-corrected chi connectivity index (χ3v) is 5.03. The summed E-state index contributed by atoms with van der Waals surface area (Å²) in [6.45, 7) is 2.48. The quantitative estimate of drug-likeness (QED) is 0.300. The molecule has 1 rings (SSSR count). The minimum Gasteiger partial charge on any atom is -0.462 e. The number of carbonyl (C=O) groups excluding carboxylic acids is 1. The summed E-state index contributed by atoms with van der Waals surface area (Å²) in [6.07, 6.45) is 11.9. The highest BCUT2D eigenvalue weighted by molar-refractivity contribution is 7.86. The standard InChI is InChI=1S/C19H30O5S/c1-2-3-4-5-6-7-8-9-10-13-16-24-19(20)17-14-11-12-15-18(17)25(21,22)23/h11-12,14-15H,2-10,13,16H2,1H3,(H,21,22,23). The maximum Gasteiger partial charge on any atom is 0.339 e. The molecule has 0 fully saturated rings. The Balaban J connectivity index is 2.18. The van der Waals surface area contributed by atoms with Crippen LogP contribution < -0.4 is 0 Å². The van der Waals surface area contributed by atoms with E-state index in [0.717, 1.165) is 19.3 Å². The van der Waals surface area contributed by atoms with Crippen LogP contribution in [0.5, 0.6) is 0 Å². The molecule has 0 saturated heterocycles. The van der Waals surface area contributed by atoms with Crippen molar-refractivity contribution in [3.63, 3.8) is 0 Å². The maximum absolute atomic E-state index is 12.0. The number of unbranched alkanes of at least 4 members (excludes halogenated alkanes) is 9. The number of esters is 1. The lowest BCUT2D eigenvalue weighted by atomic mass is 10.1. The van der Waals surface area contributed by atoms with Crippen LogP contribution in [0.2, 0.25) is 0 Å². The molecule has 0 radical (unpaired) electrons. The van der Waals surface area contributed by atoms with E-state index in [1.165, 1.54) is 69.2 Å². The van der Waals surface area contributed by atoms with Gasteiger partial charge in [-0.3, -0.25) is 4.55 Å². The SMILES string of the molecule is CCCCCCCCCCCCOC(=O)c1ccccc1S(=O)(=O)O. The Morgan fingerprint density at radius 2 is 1.44 bits per heavy atom. The predicted molar refractivity (Wildman–Crippen MR) is 98.4 cm³/mol. The molecule has 0 aliphatic heterocycles. The van der Waals surface area contributed by atoms with Crippen molar-refractivity contribution in [2.75, 3.05) is 6.61 Å². The summed E-state index contributed by atoms with van der Waals surface area (Å²) in [4.78, 5) is 11.6. The van der Waals surface area contributed by atoms with Gasteiger partial charge in [0.15, 0.2) is 0 Å². The molecule has 0 aromatic heterocycles. The molecule has 0 unspecified atom stereocenters. The minimum atomic E-state index is -4.43. The first kappa shape index (κ1) is 21.6. The maximum atomic E-state index is 12.0. The van der Waals surface area contributed by atoms with Gasteiger partial charge in [-0.15, -0.1) is 0 Å². The molecule has 0 heterocycles. The van der Waals surface area contributed by atoms with E-state index < -0.39 is 21.0 Å². The van der Waals surface area contributed by atoms with Gasteiger partial charge >= 0.3 is 5.97 Å². The summed E-state index contributed by atoms with van der Waals surface area (Å²) >= 11 is 0. The molecule has 142 valence electrons. The number of rotatable bonds is 13. The summed E-state index contributed by atoms with van der Waals surface area (Å²) in [7, 11) is -4.43. The Bertz CT molecular complexity index is 610. The Labute approximate surface area is 151 Å². The molecule has 0 atom stereocenters. The summed E-state index contributed by atoms with van der Waals surface area (Å²) < 4.78 is 36.8. The van der Waals surface area contributed by atoms with Crippen LogP contribution in [0, 0.1) is 0 Å². The summed E-state index contributed by atoms with van der Waals surface area (Å²) in [6, 6.07) is 5.50. The molecule has 0 aliphatic carbocycles. The summed E-state index contributed by atoms with van der Waals surface area (Å²) in [5, 5.41) is 0. The number of hydrogen-bond donors (Lipinski definition) is 1. The minimum absolute atomic E-state index is 0.128. The third-order valence-electron chi connectivity index (χ3n) is 4.12. The van der Waals surface area contributed by atoms with Crippen LogP contribution in [0.4, 0.5) is 0 Å². The van der Waals surface area contributed by atoms with Crippen LogP contribution in [-0.4, -0.2) is 25.5 Å². The largest absolute Gasteiger partial charge is 0.462 e. The predicted octanol–water partition coefficient (Wildman–Crippen LogP) is 5.01. The van der Waals surface area contributed by atoms with Crippen LogP contribution in [0.15, 0.2) is 29.2 Å². The molecule has 6 heteroatoms. The first-order valence-corrected chi connectivity index (χ1v) is 10.6. The van der Waals surface area contributed by atoms with Gasteiger partial charge in [0.05, 0.1) is 12.2 Å². The molecule has 5 nitrogen and oxygen atoms in total. The molecule has 1 aromatic rings. The average Bonchev–Trinajstić information content (AvgIpc) is 2.58. The molecule has 0 spiro atoms. The molecule has 0 aliphatic rings. The molecule has 0 bridgehead atoms. The van der Waals surface area contributed by atoms with Gasteiger partial charge < -0.3 is 4.74 Å². The van der Waals surface area contributed by atoms with Crippen molar-refractivity contribution in [1.29, 1.82) is 0 Å². The monoisotopic (exact) mass is 370 g/mol. The molecular formula is C19H30O5S. The molecule has 1 aromatic carbocycles. The number of carbonyl (C=O) groups is 1. The zero-order valence-electron chi connectivity index (χ0n) is 15.1. The van der Waals surface area contributed by atoms with Crippen LogP contribution in [0.1, 0.15) is 81.5 Å². The van der Waals surface area contributed by atoms with Crippen LogP contribution in [0.25, 0.3) is 0 Å². The van der Waals surface area contributed by atoms with Gasteiger partial charge in [0.2, 0.25) is 0 Å². The number of hydrogen-bond acceptors (Lipinski definition) is 4. The average molecular weight is 371 g/mol. The zero-order chi connectivity index (χ0) is 18.5. The van der Waals surface area contributed by atoms with E-state index in [1.54, 1.807) is 0 Å². The normalized spacial score (nSPS) is 11.4. The van der Waals surface area contributed by atoms with Gasteiger partial charge in [0.25, 0.3) is 10.1 Å². The fraction of sp³-hybridized carbons (Fsp3) is 0.632. The first-order chi connectivity index (χ1) is 12.0. The van der Waals surface area contributed by atoms with Gasteiger partial charge in [-0.2, -0.15) is 8.42 Å². The fourth-order valence-corrected chi connectivity index (χ4v) is 3.37. The van der Waals surface area contributed by atoms with E-state index in [0.29, 0.717) is 0 Å². The van der Waals surface area contributed by atoms with Crippen molar-refractivity contribution in [3.05, 3.63) is 29.8 Å². The van der Waals surface area contributed by atoms with E-state index in [-0.39, 0.29) is 12.2 Å². The van der Waals surface area contributed by atoms with E-state index in [2.05, 4.69) is 6.92 Å². The lowest BCUT2D eigenvalue weighted by Gasteiger charge is -2.08. The summed E-state index contributed by atoms with van der Waals surface area (Å²) in [5.41, 5.74) is -0.128. The number of ether oxygens (including phenoxy) is 1. The second kappa shape index (κ2) is 12.0. The zero-order valence-corrected chi connectivity index (χ0v) is 15.9. The highest BCUT2D eigenvalue weighted by Crippen LogP contribution is 2.16. The Hall–Kier alpha value is -1.40. The van der Waals surface area contributed by atoms with Crippen molar-refractivity contribution >= 4 is 16.1 Å². The molecule has 25 heavy (non-hydrogen) atoms. The van der Waals surface area contributed by atoms with Gasteiger partial charge in [-0.1, -0.05) is 76.8 Å². The topological polar surface area (TPSA) is 80.7 Å². The smallest absolute Gasteiger partial charge is 0.339 e. The van der Waals surface area contributed by atoms with Crippen LogP contribution in [0.3, 0.4) is 0 Å². The Morgan fingerprint density at radius 3 is 2.00 bits per heavy atom. The molecule has 0 amide bonds. The highest BCUT2D eigenvalue weighted by atomic mass is 32.2. The lowest BCUT2D eigenvalue weighted by Crippen LogP contribution is -2.12. The van der Waals surface area contributed by atoms with Gasteiger partial charge in [-0.05, 0) is 18.6 Å². The van der Waals surface area contributed by atoms with Crippen molar-refractivity contribution in [1.82, 2.24) is 0 Å². The third kappa shape index (κ3) is 9.02. The van der Waals surface area contributed by atoms with E-state index in [9.17, 15) is 13.2 Å². The second-order valence-corrected chi connectivity index (χ2v) is 7.68. The fourth-order valence-electron chi connectivity index (χ4n) is 2.69. The van der Waals surface area contributed by atoms with Gasteiger partial charge in [0.1, 0.15) is 4.90 Å². The summed E-state index contributed by atoms with van der Waals surface area (Å²) in [5.74, 6) is -0.718. The van der Waals surface area contributed by atoms with Crippen LogP contribution >= 0.6 is 0 Å². The van der Waals surface area contributed by atoms with Gasteiger partial charge in [0, 0.05) is 0 Å². The second-order valence-electron chi connectivity index (χ2n) is 6.29. The number of benzene rings is 1. The van der Waals surface area contributed by atoms with Crippen molar-refractivity contribution in [3.8, 4) is 0 Å². The van der Waals surface area contributed by atoms with E-state index in [1.807, 2.05) is 0 Å². The first-order valence-electron chi connectivity index (χ1n) is 9.20. The van der Waals surface area contributed by atoms with Gasteiger partial charge in [-0.25, -0.2) is 4.79 Å². The van der Waals surface area contributed by atoms with Crippen molar-refractivity contribution in [2.45, 2.75) is 76.0 Å². The van der Waals surface area contributed by atoms with Crippen LogP contribution in [-0.2, 0) is 14.9 Å². The molecule has 1 N–H and O–H groups in total. The van der Waals surface area contributed by atoms with Crippen molar-refractivity contribution < 1.29 is 22.5 Å². The lowest BCUT2D eigenvalue weighted by molar-refractivity contribution is 0.0492. The highest BCUT2D eigenvalue weighted by Gasteiger charge is 2.20. The van der Waals surface area contributed by atoms with E-state index in [4.69, 9.17) is 9.29 Å². The van der Waals surface area contributed by atoms with E-state index >= 15 is 0 Å². The molecule has 0 saturated carbocycles. The Morgan fingerprint density at radius 1 is 0.920 bits per heavy atom. The van der Waals surface area contributed by atoms with Crippen molar-refractivity contribution in [2.24, 2.45) is 0 Å². The molecular weight excluding hydrogens is 340 g/mol.